The maximum Gasteiger partial charge on any atom is 0.389 e. The number of hydrogen-bond acceptors (Lipinski definition) is 2. The fourth-order valence-corrected chi connectivity index (χ4v) is 1.39. The van der Waals surface area contributed by atoms with E-state index >= 15 is 0 Å². The third-order valence-electron chi connectivity index (χ3n) is 2.35. The summed E-state index contributed by atoms with van der Waals surface area (Å²) in [7, 11) is 0. The maximum atomic E-state index is 11.8. The zero-order chi connectivity index (χ0) is 13.6. The van der Waals surface area contributed by atoms with Gasteiger partial charge in [0.25, 0.3) is 5.91 Å². The van der Waals surface area contributed by atoms with Gasteiger partial charge in [-0.1, -0.05) is 0 Å². The number of unbranched alkanes of at least 4 members (excludes halogenated alkanes) is 1. The van der Waals surface area contributed by atoms with E-state index in [1.165, 1.54) is 0 Å². The quantitative estimate of drug-likeness (QED) is 0.631. The van der Waals surface area contributed by atoms with Crippen molar-refractivity contribution in [2.45, 2.75) is 25.4 Å². The van der Waals surface area contributed by atoms with Crippen molar-refractivity contribution in [3.05, 3.63) is 29.8 Å². The molecule has 0 saturated carbocycles. The molecule has 0 atom stereocenters. The Labute approximate surface area is 103 Å². The van der Waals surface area contributed by atoms with Crippen LogP contribution in [0.3, 0.4) is 0 Å². The minimum absolute atomic E-state index is 0.0194. The zero-order valence-electron chi connectivity index (χ0n) is 9.76. The van der Waals surface area contributed by atoms with Crippen LogP contribution < -0.4 is 11.1 Å². The maximum absolute atomic E-state index is 11.8. The Morgan fingerprint density at radius 2 is 1.78 bits per heavy atom. The lowest BCUT2D eigenvalue weighted by Gasteiger charge is -2.07. The summed E-state index contributed by atoms with van der Waals surface area (Å²) in [5.41, 5.74) is 6.47. The molecule has 0 fully saturated rings. The number of hydrogen-bond donors (Lipinski definition) is 2. The topological polar surface area (TPSA) is 55.1 Å². The first kappa shape index (κ1) is 14.3. The minimum atomic E-state index is -4.12. The molecule has 0 spiro atoms. The standard InChI is InChI=1S/C12H15F3N2O/c13-12(14,15)7-1-2-8-17-11(18)9-3-5-10(16)6-4-9/h3-6H,1-2,7-8,16H2,(H,17,18). The molecule has 0 aromatic heterocycles. The first-order valence-electron chi connectivity index (χ1n) is 5.59. The summed E-state index contributed by atoms with van der Waals surface area (Å²) in [5.74, 6) is -0.304. The minimum Gasteiger partial charge on any atom is -0.399 e. The Balaban J connectivity index is 2.24. The smallest absolute Gasteiger partial charge is 0.389 e. The summed E-state index contributed by atoms with van der Waals surface area (Å²) >= 11 is 0. The van der Waals surface area contributed by atoms with Crippen molar-refractivity contribution in [2.75, 3.05) is 12.3 Å². The van der Waals surface area contributed by atoms with Crippen LogP contribution in [0.25, 0.3) is 0 Å². The lowest BCUT2D eigenvalue weighted by atomic mass is 10.2. The Kier molecular flexibility index (Phi) is 5.00. The Bertz CT molecular complexity index is 387. The normalized spacial score (nSPS) is 11.3. The molecule has 0 aliphatic heterocycles. The van der Waals surface area contributed by atoms with Gasteiger partial charge in [0.2, 0.25) is 0 Å². The Hall–Kier alpha value is -1.72. The van der Waals surface area contributed by atoms with Crippen LogP contribution in [-0.2, 0) is 0 Å². The predicted molar refractivity (Wildman–Crippen MR) is 63.1 cm³/mol. The largest absolute Gasteiger partial charge is 0.399 e. The van der Waals surface area contributed by atoms with Crippen LogP contribution >= 0.6 is 0 Å². The predicted octanol–water partition coefficient (Wildman–Crippen LogP) is 2.73. The van der Waals surface area contributed by atoms with Crippen molar-refractivity contribution in [3.8, 4) is 0 Å². The third kappa shape index (κ3) is 5.56. The summed E-state index contributed by atoms with van der Waals surface area (Å²) in [6.45, 7) is 0.235. The van der Waals surface area contributed by atoms with E-state index in [1.807, 2.05) is 0 Å². The Morgan fingerprint density at radius 1 is 1.17 bits per heavy atom. The van der Waals surface area contributed by atoms with E-state index in [4.69, 9.17) is 5.73 Å². The van der Waals surface area contributed by atoms with Gasteiger partial charge in [-0.05, 0) is 37.1 Å². The van der Waals surface area contributed by atoms with E-state index in [-0.39, 0.29) is 18.9 Å². The highest BCUT2D eigenvalue weighted by molar-refractivity contribution is 5.94. The first-order valence-corrected chi connectivity index (χ1v) is 5.59. The molecule has 0 radical (unpaired) electrons. The molecular weight excluding hydrogens is 245 g/mol. The van der Waals surface area contributed by atoms with Crippen LogP contribution in [0.15, 0.2) is 24.3 Å². The van der Waals surface area contributed by atoms with Crippen molar-refractivity contribution in [2.24, 2.45) is 0 Å². The third-order valence-corrected chi connectivity index (χ3v) is 2.35. The van der Waals surface area contributed by atoms with Gasteiger partial charge in [0, 0.05) is 24.2 Å². The lowest BCUT2D eigenvalue weighted by Crippen LogP contribution is -2.24. The molecule has 1 rings (SSSR count). The van der Waals surface area contributed by atoms with E-state index in [0.717, 1.165) is 0 Å². The summed E-state index contributed by atoms with van der Waals surface area (Å²) in [6, 6.07) is 6.33. The van der Waals surface area contributed by atoms with Gasteiger partial charge in [-0.25, -0.2) is 0 Å². The van der Waals surface area contributed by atoms with Gasteiger partial charge < -0.3 is 11.1 Å². The second kappa shape index (κ2) is 6.28. The molecule has 3 N–H and O–H groups in total. The average Bonchev–Trinajstić information content (AvgIpc) is 2.27. The monoisotopic (exact) mass is 260 g/mol. The second-order valence-corrected chi connectivity index (χ2v) is 3.95. The lowest BCUT2D eigenvalue weighted by molar-refractivity contribution is -0.135. The van der Waals surface area contributed by atoms with Crippen molar-refractivity contribution in [1.29, 1.82) is 0 Å². The van der Waals surface area contributed by atoms with E-state index in [9.17, 15) is 18.0 Å². The van der Waals surface area contributed by atoms with E-state index in [0.29, 0.717) is 17.7 Å². The summed E-state index contributed by atoms with van der Waals surface area (Å²) in [5, 5.41) is 2.56. The fourth-order valence-electron chi connectivity index (χ4n) is 1.39. The van der Waals surface area contributed by atoms with Gasteiger partial charge in [-0.15, -0.1) is 0 Å². The SMILES string of the molecule is Nc1ccc(C(=O)NCCCCC(F)(F)F)cc1. The van der Waals surface area contributed by atoms with Gasteiger partial charge in [0.15, 0.2) is 0 Å². The molecule has 1 aromatic carbocycles. The molecule has 0 heterocycles. The zero-order valence-corrected chi connectivity index (χ0v) is 9.76. The van der Waals surface area contributed by atoms with Gasteiger partial charge in [-0.3, -0.25) is 4.79 Å². The number of nitrogens with two attached hydrogens (primary N) is 1. The number of nitrogen functional groups attached to an aromatic ring is 1. The van der Waals surface area contributed by atoms with Crippen molar-refractivity contribution in [1.82, 2.24) is 5.32 Å². The molecule has 0 saturated heterocycles. The van der Waals surface area contributed by atoms with E-state index in [1.54, 1.807) is 24.3 Å². The van der Waals surface area contributed by atoms with Crippen molar-refractivity contribution < 1.29 is 18.0 Å². The highest BCUT2D eigenvalue weighted by Gasteiger charge is 2.25. The van der Waals surface area contributed by atoms with Crippen LogP contribution in [0.4, 0.5) is 18.9 Å². The van der Waals surface area contributed by atoms with Crippen LogP contribution in [-0.4, -0.2) is 18.6 Å². The highest BCUT2D eigenvalue weighted by Crippen LogP contribution is 2.21. The summed E-state index contributed by atoms with van der Waals surface area (Å²) in [6.07, 6.45) is -4.61. The van der Waals surface area contributed by atoms with Crippen LogP contribution in [0.2, 0.25) is 0 Å². The second-order valence-electron chi connectivity index (χ2n) is 3.95. The molecule has 0 aliphatic rings. The molecule has 6 heteroatoms. The summed E-state index contributed by atoms with van der Waals surface area (Å²) < 4.78 is 35.5. The van der Waals surface area contributed by atoms with Gasteiger partial charge in [0.1, 0.15) is 0 Å². The van der Waals surface area contributed by atoms with E-state index < -0.39 is 12.6 Å². The average molecular weight is 260 g/mol. The number of benzene rings is 1. The number of carbonyl (C=O) groups excluding carboxylic acids is 1. The molecule has 100 valence electrons. The number of anilines is 1. The molecule has 0 bridgehead atoms. The van der Waals surface area contributed by atoms with Gasteiger partial charge in [-0.2, -0.15) is 13.2 Å². The van der Waals surface area contributed by atoms with Gasteiger partial charge >= 0.3 is 6.18 Å². The number of carbonyl (C=O) groups is 1. The number of amides is 1. The van der Waals surface area contributed by atoms with Crippen LogP contribution in [0, 0.1) is 0 Å². The number of nitrogens with one attached hydrogen (secondary N) is 1. The molecule has 1 amide bonds. The highest BCUT2D eigenvalue weighted by atomic mass is 19.4. The number of rotatable bonds is 5. The number of alkyl halides is 3. The molecule has 18 heavy (non-hydrogen) atoms. The van der Waals surface area contributed by atoms with E-state index in [2.05, 4.69) is 5.32 Å². The van der Waals surface area contributed by atoms with Crippen LogP contribution in [0.5, 0.6) is 0 Å². The van der Waals surface area contributed by atoms with Crippen LogP contribution in [0.1, 0.15) is 29.6 Å². The summed E-state index contributed by atoms with van der Waals surface area (Å²) in [4.78, 5) is 11.5. The molecule has 1 aromatic rings. The number of halogens is 3. The van der Waals surface area contributed by atoms with Gasteiger partial charge in [0.05, 0.1) is 0 Å². The molecule has 3 nitrogen and oxygen atoms in total. The van der Waals surface area contributed by atoms with Crippen molar-refractivity contribution in [3.63, 3.8) is 0 Å². The van der Waals surface area contributed by atoms with Crippen molar-refractivity contribution >= 4 is 11.6 Å². The molecule has 0 aliphatic carbocycles. The Morgan fingerprint density at radius 3 is 2.33 bits per heavy atom. The molecular formula is C12H15F3N2O. The first-order chi connectivity index (χ1) is 8.38. The fraction of sp³-hybridized carbons (Fsp3) is 0.417. The molecule has 0 unspecified atom stereocenters.